The Bertz CT molecular complexity index is 1030. The highest BCUT2D eigenvalue weighted by molar-refractivity contribution is 6.15. The maximum atomic E-state index is 13.8. The number of ether oxygens (including phenoxy) is 2. The molecule has 2 amide bonds. The Morgan fingerprint density at radius 3 is 2.67 bits per heavy atom. The second kappa shape index (κ2) is 10.2. The number of esters is 1. The highest BCUT2D eigenvalue weighted by Crippen LogP contribution is 2.35. The van der Waals surface area contributed by atoms with Gasteiger partial charge in [-0.3, -0.25) is 14.5 Å². The van der Waals surface area contributed by atoms with Gasteiger partial charge in [0.25, 0.3) is 5.91 Å². The van der Waals surface area contributed by atoms with Gasteiger partial charge in [-0.1, -0.05) is 25.1 Å². The lowest BCUT2D eigenvalue weighted by molar-refractivity contribution is -0.126. The largest absolute Gasteiger partial charge is 0.464 e. The first-order valence-electron chi connectivity index (χ1n) is 11.2. The molecule has 0 saturated carbocycles. The van der Waals surface area contributed by atoms with E-state index in [1.807, 2.05) is 45.0 Å². The number of aryl methyl sites for hydroxylation is 1. The van der Waals surface area contributed by atoms with Crippen molar-refractivity contribution >= 4 is 23.5 Å². The Labute approximate surface area is 194 Å². The number of carbonyl (C=O) groups is 3. The van der Waals surface area contributed by atoms with Gasteiger partial charge < -0.3 is 19.4 Å². The third kappa shape index (κ3) is 4.78. The minimum absolute atomic E-state index is 0.0604. The van der Waals surface area contributed by atoms with E-state index in [1.54, 1.807) is 11.5 Å². The van der Waals surface area contributed by atoms with Gasteiger partial charge in [-0.15, -0.1) is 0 Å². The molecule has 9 heteroatoms. The molecule has 0 saturated heterocycles. The summed E-state index contributed by atoms with van der Waals surface area (Å²) in [5, 5.41) is 2.96. The highest BCUT2D eigenvalue weighted by atomic mass is 16.5. The number of nitrogens with one attached hydrogen (secondary N) is 1. The lowest BCUT2D eigenvalue weighted by Crippen LogP contribution is -2.64. The molecule has 2 heterocycles. The summed E-state index contributed by atoms with van der Waals surface area (Å²) >= 11 is 0. The molecule has 1 aliphatic rings. The zero-order chi connectivity index (χ0) is 24.2. The third-order valence-corrected chi connectivity index (χ3v) is 5.75. The summed E-state index contributed by atoms with van der Waals surface area (Å²) < 4.78 is 11.9. The van der Waals surface area contributed by atoms with E-state index in [-0.39, 0.29) is 29.9 Å². The molecule has 0 radical (unpaired) electrons. The van der Waals surface area contributed by atoms with Crippen LogP contribution in [0, 0.1) is 0 Å². The van der Waals surface area contributed by atoms with Gasteiger partial charge >= 0.3 is 5.97 Å². The average molecular weight is 457 g/mol. The van der Waals surface area contributed by atoms with Crippen molar-refractivity contribution in [1.82, 2.24) is 14.9 Å². The maximum absolute atomic E-state index is 13.8. The molecule has 0 unspecified atom stereocenters. The molecule has 1 atom stereocenters. The van der Waals surface area contributed by atoms with Crippen molar-refractivity contribution in [3.05, 3.63) is 47.5 Å². The smallest absolute Gasteiger partial charge is 0.359 e. The number of para-hydroxylation sites is 1. The molecule has 0 aliphatic carbocycles. The van der Waals surface area contributed by atoms with Crippen molar-refractivity contribution < 1.29 is 23.9 Å². The summed E-state index contributed by atoms with van der Waals surface area (Å²) in [6, 6.07) is 7.48. The van der Waals surface area contributed by atoms with Crippen molar-refractivity contribution in [2.45, 2.75) is 58.7 Å². The van der Waals surface area contributed by atoms with Crippen molar-refractivity contribution in [3.8, 4) is 0 Å². The lowest BCUT2D eigenvalue weighted by Gasteiger charge is -2.44. The number of methoxy groups -OCH3 is 1. The second-order valence-corrected chi connectivity index (χ2v) is 8.49. The number of aromatic nitrogens is 2. The number of hydrogen-bond acceptors (Lipinski definition) is 6. The van der Waals surface area contributed by atoms with Crippen molar-refractivity contribution in [2.24, 2.45) is 0 Å². The molecule has 0 fully saturated rings. The van der Waals surface area contributed by atoms with E-state index in [1.165, 1.54) is 18.3 Å². The predicted molar refractivity (Wildman–Crippen MR) is 123 cm³/mol. The molecule has 1 N–H and O–H groups in total. The van der Waals surface area contributed by atoms with Gasteiger partial charge in [0.15, 0.2) is 5.69 Å². The first-order chi connectivity index (χ1) is 15.7. The van der Waals surface area contributed by atoms with Crippen molar-refractivity contribution in [1.29, 1.82) is 0 Å². The standard InChI is InChI=1S/C24H32N4O5/c1-6-17-10-7-8-11-18(17)28-21(29)20-19(22(30)32-5)26-15-27(20)14-24(28,4)23(31)25-12-9-13-33-16(2)3/h7-8,10-11,15-16H,6,9,12-14H2,1-5H3,(H,25,31)/t24-/m1/s1. The molecule has 2 aromatic rings. The van der Waals surface area contributed by atoms with Crippen LogP contribution in [0.3, 0.4) is 0 Å². The van der Waals surface area contributed by atoms with Crippen LogP contribution in [-0.4, -0.2) is 59.2 Å². The van der Waals surface area contributed by atoms with Crippen molar-refractivity contribution in [2.75, 3.05) is 25.2 Å². The number of benzene rings is 1. The first kappa shape index (κ1) is 24.4. The zero-order valence-electron chi connectivity index (χ0n) is 19.9. The number of carbonyl (C=O) groups excluding carboxylic acids is 3. The summed E-state index contributed by atoms with van der Waals surface area (Å²) in [4.78, 5) is 45.1. The van der Waals surface area contributed by atoms with Gasteiger partial charge in [-0.25, -0.2) is 9.78 Å². The molecule has 0 bridgehead atoms. The predicted octanol–water partition coefficient (Wildman–Crippen LogP) is 2.58. The summed E-state index contributed by atoms with van der Waals surface area (Å²) in [7, 11) is 1.24. The van der Waals surface area contributed by atoms with Gasteiger partial charge in [-0.2, -0.15) is 0 Å². The van der Waals surface area contributed by atoms with Crippen LogP contribution >= 0.6 is 0 Å². The quantitative estimate of drug-likeness (QED) is 0.460. The first-order valence-corrected chi connectivity index (χ1v) is 11.2. The van der Waals surface area contributed by atoms with Crippen LogP contribution < -0.4 is 10.2 Å². The van der Waals surface area contributed by atoms with E-state index in [2.05, 4.69) is 10.3 Å². The Kier molecular flexibility index (Phi) is 7.53. The van der Waals surface area contributed by atoms with Gasteiger partial charge in [0.1, 0.15) is 11.2 Å². The molecule has 33 heavy (non-hydrogen) atoms. The van der Waals surface area contributed by atoms with Crippen LogP contribution in [0.1, 0.15) is 60.7 Å². The molecule has 1 aromatic heterocycles. The SMILES string of the molecule is CCc1ccccc1N1C(=O)c2c(C(=O)OC)ncn2C[C@]1(C)C(=O)NCCCOC(C)C. The summed E-state index contributed by atoms with van der Waals surface area (Å²) in [6.45, 7) is 8.74. The summed E-state index contributed by atoms with van der Waals surface area (Å²) in [5.41, 5.74) is 0.373. The molecule has 178 valence electrons. The van der Waals surface area contributed by atoms with Crippen molar-refractivity contribution in [3.63, 3.8) is 0 Å². The lowest BCUT2D eigenvalue weighted by atomic mass is 9.92. The molecule has 3 rings (SSSR count). The minimum Gasteiger partial charge on any atom is -0.464 e. The number of imidazole rings is 1. The van der Waals surface area contributed by atoms with E-state index in [9.17, 15) is 14.4 Å². The third-order valence-electron chi connectivity index (χ3n) is 5.75. The summed E-state index contributed by atoms with van der Waals surface area (Å²) in [6.07, 6.45) is 2.86. The van der Waals surface area contributed by atoms with Gasteiger partial charge in [0.2, 0.25) is 5.91 Å². The number of fused-ring (bicyclic) bond motifs is 1. The topological polar surface area (TPSA) is 103 Å². The monoisotopic (exact) mass is 456 g/mol. The molecule has 1 aliphatic heterocycles. The molecule has 9 nitrogen and oxygen atoms in total. The van der Waals surface area contributed by atoms with Crippen LogP contribution in [0.25, 0.3) is 0 Å². The Hall–Kier alpha value is -3.20. The minimum atomic E-state index is -1.23. The number of anilines is 1. The molecule has 0 spiro atoms. The van der Waals surface area contributed by atoms with E-state index in [0.717, 1.165) is 5.56 Å². The summed E-state index contributed by atoms with van der Waals surface area (Å²) in [5.74, 6) is -1.45. The Morgan fingerprint density at radius 1 is 1.27 bits per heavy atom. The number of nitrogens with zero attached hydrogens (tertiary/aromatic N) is 3. The fourth-order valence-electron chi connectivity index (χ4n) is 4.06. The van der Waals surface area contributed by atoms with Crippen LogP contribution in [0.15, 0.2) is 30.6 Å². The van der Waals surface area contributed by atoms with Crippen LogP contribution in [0.2, 0.25) is 0 Å². The Balaban J connectivity index is 2.00. The van der Waals surface area contributed by atoms with E-state index in [4.69, 9.17) is 9.47 Å². The van der Waals surface area contributed by atoms with Gasteiger partial charge in [0, 0.05) is 18.8 Å². The van der Waals surface area contributed by atoms with Gasteiger partial charge in [0.05, 0.1) is 26.1 Å². The van der Waals surface area contributed by atoms with Crippen LogP contribution in [0.5, 0.6) is 0 Å². The normalized spacial score (nSPS) is 17.8. The average Bonchev–Trinajstić information content (AvgIpc) is 3.22. The number of amides is 2. The van der Waals surface area contributed by atoms with E-state index >= 15 is 0 Å². The number of rotatable bonds is 9. The molecular weight excluding hydrogens is 424 g/mol. The highest BCUT2D eigenvalue weighted by Gasteiger charge is 2.50. The molecule has 1 aromatic carbocycles. The zero-order valence-corrected chi connectivity index (χ0v) is 19.9. The Morgan fingerprint density at radius 2 is 2.00 bits per heavy atom. The van der Waals surface area contributed by atoms with Crippen LogP contribution in [-0.2, 0) is 27.2 Å². The van der Waals surface area contributed by atoms with Gasteiger partial charge in [-0.05, 0) is 45.2 Å². The number of hydrogen-bond donors (Lipinski definition) is 1. The molecular formula is C24H32N4O5. The maximum Gasteiger partial charge on any atom is 0.359 e. The van der Waals surface area contributed by atoms with Crippen LogP contribution in [0.4, 0.5) is 5.69 Å². The second-order valence-electron chi connectivity index (χ2n) is 8.49. The fourth-order valence-corrected chi connectivity index (χ4v) is 4.06. The van der Waals surface area contributed by atoms with E-state index < -0.39 is 17.4 Å². The fraction of sp³-hybridized carbons (Fsp3) is 0.500. The van der Waals surface area contributed by atoms with E-state index in [0.29, 0.717) is 31.7 Å².